The molecule has 0 spiro atoms. The zero-order chi connectivity index (χ0) is 14.8. The Hall–Kier alpha value is -1.63. The first-order valence-corrected chi connectivity index (χ1v) is 7.72. The number of hydrogen-bond acceptors (Lipinski definition) is 4. The highest BCUT2D eigenvalue weighted by Gasteiger charge is 2.17. The molecule has 1 heterocycles. The van der Waals surface area contributed by atoms with Gasteiger partial charge >= 0.3 is 0 Å². The number of anilines is 1. The molecule has 0 aliphatic heterocycles. The van der Waals surface area contributed by atoms with Crippen LogP contribution in [0, 0.1) is 6.92 Å². The molecule has 0 aliphatic carbocycles. The van der Waals surface area contributed by atoms with Gasteiger partial charge in [-0.1, -0.05) is 17.7 Å². The second kappa shape index (κ2) is 5.78. The van der Waals surface area contributed by atoms with Crippen molar-refractivity contribution in [2.45, 2.75) is 18.4 Å². The zero-order valence-electron chi connectivity index (χ0n) is 10.8. The lowest BCUT2D eigenvalue weighted by molar-refractivity contribution is 0.581. The van der Waals surface area contributed by atoms with E-state index in [1.807, 2.05) is 19.1 Å². The van der Waals surface area contributed by atoms with Gasteiger partial charge in [-0.05, 0) is 37.3 Å². The fraction of sp³-hybridized carbons (Fsp3) is 0.154. The monoisotopic (exact) mass is 311 g/mol. The van der Waals surface area contributed by atoms with Crippen LogP contribution in [0.3, 0.4) is 0 Å². The number of nitrogen functional groups attached to an aromatic ring is 1. The lowest BCUT2D eigenvalue weighted by atomic mass is 10.3. The van der Waals surface area contributed by atoms with E-state index in [1.54, 1.807) is 6.07 Å². The summed E-state index contributed by atoms with van der Waals surface area (Å²) in [5.41, 5.74) is 7.28. The van der Waals surface area contributed by atoms with Crippen LogP contribution in [-0.2, 0) is 16.6 Å². The van der Waals surface area contributed by atoms with Crippen molar-refractivity contribution in [3.63, 3.8) is 0 Å². The summed E-state index contributed by atoms with van der Waals surface area (Å²) in [6.45, 7) is 1.93. The molecular weight excluding hydrogens is 298 g/mol. The first-order chi connectivity index (χ1) is 9.38. The third kappa shape index (κ3) is 3.47. The molecule has 0 fully saturated rings. The summed E-state index contributed by atoms with van der Waals surface area (Å²) in [5, 5.41) is 0.313. The van der Waals surface area contributed by atoms with Gasteiger partial charge in [-0.15, -0.1) is 0 Å². The third-order valence-corrected chi connectivity index (χ3v) is 4.35. The molecule has 0 saturated heterocycles. The van der Waals surface area contributed by atoms with E-state index in [0.29, 0.717) is 10.7 Å². The van der Waals surface area contributed by atoms with Gasteiger partial charge < -0.3 is 5.73 Å². The molecule has 0 unspecified atom stereocenters. The van der Waals surface area contributed by atoms with Crippen LogP contribution < -0.4 is 10.5 Å². The topological polar surface area (TPSA) is 85.1 Å². The van der Waals surface area contributed by atoms with Gasteiger partial charge in [0.05, 0.1) is 17.9 Å². The highest BCUT2D eigenvalue weighted by Crippen LogP contribution is 2.22. The highest BCUT2D eigenvalue weighted by atomic mass is 35.5. The summed E-state index contributed by atoms with van der Waals surface area (Å²) in [6, 6.07) is 9.73. The van der Waals surface area contributed by atoms with Crippen molar-refractivity contribution in [2.75, 3.05) is 5.73 Å². The molecule has 0 atom stereocenters. The Bertz CT molecular complexity index is 732. The smallest absolute Gasteiger partial charge is 0.243 e. The minimum atomic E-state index is -3.72. The molecule has 106 valence electrons. The normalized spacial score (nSPS) is 11.5. The predicted octanol–water partition coefficient (Wildman–Crippen LogP) is 2.10. The first-order valence-electron chi connectivity index (χ1n) is 5.86. The molecular formula is C13H14ClN3O2S. The molecule has 0 amide bonds. The molecule has 0 aliphatic rings. The Morgan fingerprint density at radius 3 is 2.75 bits per heavy atom. The molecule has 1 aromatic carbocycles. The summed E-state index contributed by atoms with van der Waals surface area (Å²) < 4.78 is 26.8. The van der Waals surface area contributed by atoms with Gasteiger partial charge in [0.2, 0.25) is 10.0 Å². The number of nitrogens with zero attached hydrogens (tertiary/aromatic N) is 1. The molecule has 7 heteroatoms. The number of rotatable bonds is 4. The average molecular weight is 312 g/mol. The quantitative estimate of drug-likeness (QED) is 0.847. The molecule has 0 bridgehead atoms. The van der Waals surface area contributed by atoms with Crippen LogP contribution in [0.2, 0.25) is 5.02 Å². The molecule has 2 aromatic rings. The third-order valence-electron chi connectivity index (χ3n) is 2.65. The van der Waals surface area contributed by atoms with Crippen molar-refractivity contribution in [3.05, 3.63) is 52.8 Å². The van der Waals surface area contributed by atoms with Gasteiger partial charge in [0, 0.05) is 10.7 Å². The van der Waals surface area contributed by atoms with Crippen LogP contribution in [0.25, 0.3) is 0 Å². The number of halogens is 1. The number of hydrogen-bond donors (Lipinski definition) is 2. The van der Waals surface area contributed by atoms with Crippen molar-refractivity contribution < 1.29 is 8.42 Å². The second-order valence-electron chi connectivity index (χ2n) is 4.28. The summed E-state index contributed by atoms with van der Waals surface area (Å²) in [4.78, 5) is 4.20. The fourth-order valence-corrected chi connectivity index (χ4v) is 3.08. The molecule has 1 aromatic heterocycles. The van der Waals surface area contributed by atoms with E-state index >= 15 is 0 Å². The number of nitrogens with one attached hydrogen (secondary N) is 1. The summed E-state index contributed by atoms with van der Waals surface area (Å²) in [7, 11) is -3.72. The summed E-state index contributed by atoms with van der Waals surface area (Å²) >= 11 is 5.80. The minimum absolute atomic E-state index is 0.0300. The number of aromatic nitrogens is 1. The predicted molar refractivity (Wildman–Crippen MR) is 78.9 cm³/mol. The minimum Gasteiger partial charge on any atom is -0.398 e. The van der Waals surface area contributed by atoms with Crippen LogP contribution in [0.1, 0.15) is 11.4 Å². The highest BCUT2D eigenvalue weighted by molar-refractivity contribution is 7.89. The first kappa shape index (κ1) is 14.8. The van der Waals surface area contributed by atoms with Crippen LogP contribution in [0.5, 0.6) is 0 Å². The van der Waals surface area contributed by atoms with Crippen molar-refractivity contribution in [1.29, 1.82) is 0 Å². The number of nitrogens with two attached hydrogens (primary N) is 1. The molecule has 20 heavy (non-hydrogen) atoms. The summed E-state index contributed by atoms with van der Waals surface area (Å²) in [5.74, 6) is 0. The van der Waals surface area contributed by atoms with E-state index in [0.717, 1.165) is 5.69 Å². The van der Waals surface area contributed by atoms with Gasteiger partial charge in [0.1, 0.15) is 4.90 Å². The van der Waals surface area contributed by atoms with Gasteiger partial charge in [0.15, 0.2) is 0 Å². The largest absolute Gasteiger partial charge is 0.398 e. The van der Waals surface area contributed by atoms with Crippen LogP contribution in [0.15, 0.2) is 41.3 Å². The van der Waals surface area contributed by atoms with E-state index in [2.05, 4.69) is 9.71 Å². The maximum Gasteiger partial charge on any atom is 0.243 e. The zero-order valence-corrected chi connectivity index (χ0v) is 12.4. The standard InChI is InChI=1S/C13H14ClN3O2S/c1-9-3-2-4-11(17-9)8-16-20(18,19)13-7-10(14)5-6-12(13)15/h2-7,16H,8,15H2,1H3. The Morgan fingerprint density at radius 1 is 1.30 bits per heavy atom. The summed E-state index contributed by atoms with van der Waals surface area (Å²) in [6.07, 6.45) is 0. The van der Waals surface area contributed by atoms with Gasteiger partial charge in [-0.2, -0.15) is 0 Å². The maximum atomic E-state index is 12.2. The van der Waals surface area contributed by atoms with E-state index < -0.39 is 10.0 Å². The number of benzene rings is 1. The fourth-order valence-electron chi connectivity index (χ4n) is 1.69. The molecule has 2 rings (SSSR count). The Kier molecular flexibility index (Phi) is 4.27. The van der Waals surface area contributed by atoms with E-state index in [1.165, 1.54) is 18.2 Å². The van der Waals surface area contributed by atoms with Crippen molar-refractivity contribution in [3.8, 4) is 0 Å². The van der Waals surface area contributed by atoms with Crippen molar-refractivity contribution in [2.24, 2.45) is 0 Å². The van der Waals surface area contributed by atoms with Crippen molar-refractivity contribution >= 4 is 27.3 Å². The van der Waals surface area contributed by atoms with E-state index in [4.69, 9.17) is 17.3 Å². The number of aryl methyl sites for hydroxylation is 1. The molecule has 0 saturated carbocycles. The van der Waals surface area contributed by atoms with E-state index in [9.17, 15) is 8.42 Å². The Morgan fingerprint density at radius 2 is 2.05 bits per heavy atom. The number of sulfonamides is 1. The van der Waals surface area contributed by atoms with Gasteiger partial charge in [-0.3, -0.25) is 4.98 Å². The van der Waals surface area contributed by atoms with Crippen LogP contribution in [0.4, 0.5) is 5.69 Å². The molecule has 0 radical (unpaired) electrons. The molecule has 5 nitrogen and oxygen atoms in total. The molecule has 3 N–H and O–H groups in total. The Labute approximate surface area is 122 Å². The van der Waals surface area contributed by atoms with Crippen LogP contribution >= 0.6 is 11.6 Å². The Balaban J connectivity index is 2.21. The van der Waals surface area contributed by atoms with Crippen LogP contribution in [-0.4, -0.2) is 13.4 Å². The lowest BCUT2D eigenvalue weighted by Crippen LogP contribution is -2.24. The SMILES string of the molecule is Cc1cccc(CNS(=O)(=O)c2cc(Cl)ccc2N)n1. The lowest BCUT2D eigenvalue weighted by Gasteiger charge is -2.09. The average Bonchev–Trinajstić information content (AvgIpc) is 2.39. The van der Waals surface area contributed by atoms with Gasteiger partial charge in [0.25, 0.3) is 0 Å². The van der Waals surface area contributed by atoms with Gasteiger partial charge in [-0.25, -0.2) is 13.1 Å². The number of pyridine rings is 1. The second-order valence-corrected chi connectivity index (χ2v) is 6.45. The van der Waals surface area contributed by atoms with Crippen molar-refractivity contribution in [1.82, 2.24) is 9.71 Å². The maximum absolute atomic E-state index is 12.2. The van der Waals surface area contributed by atoms with E-state index in [-0.39, 0.29) is 17.1 Å².